The number of carbonyl (C=O) groups excluding carboxylic acids is 3. The third-order valence-corrected chi connectivity index (χ3v) is 4.39. The topological polar surface area (TPSA) is 120 Å². The van der Waals surface area contributed by atoms with Gasteiger partial charge in [-0.1, -0.05) is 37.6 Å². The molecule has 0 fully saturated rings. The summed E-state index contributed by atoms with van der Waals surface area (Å²) in [6, 6.07) is 12.8. The van der Waals surface area contributed by atoms with Crippen LogP contribution in [0, 0.1) is 5.41 Å². The van der Waals surface area contributed by atoms with E-state index in [0.717, 1.165) is 12.8 Å². The highest BCUT2D eigenvalue weighted by molar-refractivity contribution is 6.03. The van der Waals surface area contributed by atoms with Gasteiger partial charge < -0.3 is 15.2 Å². The summed E-state index contributed by atoms with van der Waals surface area (Å²) in [6.07, 6.45) is 1.92. The number of ether oxygens (including phenoxy) is 2. The van der Waals surface area contributed by atoms with Crippen molar-refractivity contribution in [2.45, 2.75) is 32.6 Å². The number of unbranched alkanes of at least 4 members (excludes halogenated alkanes) is 1. The second-order valence-corrected chi connectivity index (χ2v) is 6.72. The van der Waals surface area contributed by atoms with Crippen molar-refractivity contribution in [2.75, 3.05) is 13.2 Å². The van der Waals surface area contributed by atoms with Gasteiger partial charge in [0.15, 0.2) is 18.2 Å². The molecule has 0 bridgehead atoms. The number of benzene rings is 2. The van der Waals surface area contributed by atoms with Crippen LogP contribution in [-0.4, -0.2) is 36.6 Å². The normalized spacial score (nSPS) is 10.3. The molecular formula is C23H26N2O5. The number of esters is 1. The molecule has 3 N–H and O–H groups in total. The van der Waals surface area contributed by atoms with E-state index >= 15 is 0 Å². The first-order valence-corrected chi connectivity index (χ1v) is 9.80. The number of hydrogen-bond donors (Lipinski definition) is 2. The molecule has 2 aromatic carbocycles. The summed E-state index contributed by atoms with van der Waals surface area (Å²) in [6.45, 7) is 2.20. The standard InChI is InChI=1S/C23H26N2O5/c1-2-3-14-29-22(28)15-30-19-10-8-17(9-11-19)21(27)13-12-20(26)16-4-6-18(7-5-16)23(24)25/h4-11H,2-3,12-15H2,1H3,(H3,24,25). The number of carbonyl (C=O) groups is 3. The molecule has 2 rings (SSSR count). The fourth-order valence-corrected chi connectivity index (χ4v) is 2.60. The minimum Gasteiger partial charge on any atom is -0.482 e. The van der Waals surface area contributed by atoms with Gasteiger partial charge in [0.05, 0.1) is 6.61 Å². The predicted molar refractivity (Wildman–Crippen MR) is 113 cm³/mol. The zero-order valence-corrected chi connectivity index (χ0v) is 17.0. The molecule has 0 aliphatic carbocycles. The maximum atomic E-state index is 12.3. The molecule has 30 heavy (non-hydrogen) atoms. The second kappa shape index (κ2) is 11.5. The molecule has 7 heteroatoms. The first kappa shape index (κ1) is 22.8. The van der Waals surface area contributed by atoms with Crippen LogP contribution in [0.4, 0.5) is 0 Å². The van der Waals surface area contributed by atoms with Gasteiger partial charge in [0.25, 0.3) is 0 Å². The molecule has 0 saturated heterocycles. The van der Waals surface area contributed by atoms with E-state index in [-0.39, 0.29) is 36.9 Å². The van der Waals surface area contributed by atoms with Crippen molar-refractivity contribution in [3.8, 4) is 5.75 Å². The number of hydrogen-bond acceptors (Lipinski definition) is 6. The van der Waals surface area contributed by atoms with Crippen molar-refractivity contribution < 1.29 is 23.9 Å². The van der Waals surface area contributed by atoms with Gasteiger partial charge in [0.1, 0.15) is 11.6 Å². The SMILES string of the molecule is CCCCOC(=O)COc1ccc(C(=O)CCC(=O)c2ccc(C(=N)N)cc2)cc1. The molecule has 0 aliphatic rings. The number of rotatable bonds is 12. The van der Waals surface area contributed by atoms with Crippen molar-refractivity contribution in [1.82, 2.24) is 0 Å². The van der Waals surface area contributed by atoms with Crippen LogP contribution >= 0.6 is 0 Å². The van der Waals surface area contributed by atoms with Crippen molar-refractivity contribution in [1.29, 1.82) is 5.41 Å². The van der Waals surface area contributed by atoms with Gasteiger partial charge in [-0.15, -0.1) is 0 Å². The Kier molecular flexibility index (Phi) is 8.75. The third-order valence-electron chi connectivity index (χ3n) is 4.39. The largest absolute Gasteiger partial charge is 0.482 e. The highest BCUT2D eigenvalue weighted by atomic mass is 16.6. The van der Waals surface area contributed by atoms with Crippen molar-refractivity contribution in [3.63, 3.8) is 0 Å². The molecule has 0 saturated carbocycles. The summed E-state index contributed by atoms with van der Waals surface area (Å²) < 4.78 is 10.4. The van der Waals surface area contributed by atoms with Crippen LogP contribution in [0.1, 0.15) is 58.9 Å². The van der Waals surface area contributed by atoms with Crippen LogP contribution < -0.4 is 10.5 Å². The van der Waals surface area contributed by atoms with Crippen LogP contribution in [0.3, 0.4) is 0 Å². The summed E-state index contributed by atoms with van der Waals surface area (Å²) in [5.74, 6) is -0.349. The lowest BCUT2D eigenvalue weighted by atomic mass is 10.0. The molecule has 0 radical (unpaired) electrons. The monoisotopic (exact) mass is 410 g/mol. The predicted octanol–water partition coefficient (Wildman–Crippen LogP) is 3.54. The van der Waals surface area contributed by atoms with Crippen molar-refractivity contribution >= 4 is 23.4 Å². The van der Waals surface area contributed by atoms with Gasteiger partial charge in [-0.25, -0.2) is 4.79 Å². The number of nitrogen functional groups attached to an aromatic ring is 1. The zero-order chi connectivity index (χ0) is 21.9. The van der Waals surface area contributed by atoms with Gasteiger partial charge >= 0.3 is 5.97 Å². The highest BCUT2D eigenvalue weighted by Crippen LogP contribution is 2.15. The van der Waals surface area contributed by atoms with Crippen molar-refractivity contribution in [2.24, 2.45) is 5.73 Å². The number of nitrogens with one attached hydrogen (secondary N) is 1. The Morgan fingerprint density at radius 3 is 1.87 bits per heavy atom. The van der Waals surface area contributed by atoms with Crippen LogP contribution in [0.2, 0.25) is 0 Å². The lowest BCUT2D eigenvalue weighted by Gasteiger charge is -2.07. The van der Waals surface area contributed by atoms with Crippen LogP contribution in [-0.2, 0) is 9.53 Å². The molecule has 0 atom stereocenters. The summed E-state index contributed by atoms with van der Waals surface area (Å²) >= 11 is 0. The van der Waals surface area contributed by atoms with E-state index in [9.17, 15) is 14.4 Å². The smallest absolute Gasteiger partial charge is 0.344 e. The summed E-state index contributed by atoms with van der Waals surface area (Å²) in [7, 11) is 0. The van der Waals surface area contributed by atoms with Gasteiger partial charge in [0, 0.05) is 29.5 Å². The molecular weight excluding hydrogens is 384 g/mol. The summed E-state index contributed by atoms with van der Waals surface area (Å²) in [5, 5.41) is 7.36. The van der Waals surface area contributed by atoms with E-state index in [4.69, 9.17) is 20.6 Å². The molecule has 0 aromatic heterocycles. The molecule has 0 aliphatic heterocycles. The number of ketones is 2. The molecule has 0 spiro atoms. The second-order valence-electron chi connectivity index (χ2n) is 6.72. The Hall–Kier alpha value is -3.48. The molecule has 0 heterocycles. The minimum absolute atomic E-state index is 0.0648. The number of nitrogens with two attached hydrogens (primary N) is 1. The molecule has 0 amide bonds. The van der Waals surface area contributed by atoms with Gasteiger partial charge in [-0.3, -0.25) is 15.0 Å². The Labute approximate surface area is 175 Å². The Morgan fingerprint density at radius 2 is 1.37 bits per heavy atom. The zero-order valence-electron chi connectivity index (χ0n) is 17.0. The first-order chi connectivity index (χ1) is 14.4. The Balaban J connectivity index is 1.80. The fraction of sp³-hybridized carbons (Fsp3) is 0.304. The minimum atomic E-state index is -0.432. The quantitative estimate of drug-likeness (QED) is 0.182. The molecule has 0 unspecified atom stereocenters. The number of amidine groups is 1. The van der Waals surface area contributed by atoms with Gasteiger partial charge in [0.2, 0.25) is 0 Å². The third kappa shape index (κ3) is 7.16. The van der Waals surface area contributed by atoms with Crippen molar-refractivity contribution in [3.05, 3.63) is 65.2 Å². The van der Waals surface area contributed by atoms with E-state index in [1.165, 1.54) is 0 Å². The molecule has 2 aromatic rings. The molecule has 158 valence electrons. The van der Waals surface area contributed by atoms with Crippen LogP contribution in [0.15, 0.2) is 48.5 Å². The first-order valence-electron chi connectivity index (χ1n) is 9.80. The average Bonchev–Trinajstić information content (AvgIpc) is 2.76. The lowest BCUT2D eigenvalue weighted by Crippen LogP contribution is -2.15. The van der Waals surface area contributed by atoms with E-state index in [1.807, 2.05) is 6.92 Å². The van der Waals surface area contributed by atoms with E-state index in [0.29, 0.717) is 29.0 Å². The maximum absolute atomic E-state index is 12.3. The lowest BCUT2D eigenvalue weighted by molar-refractivity contribution is -0.146. The Morgan fingerprint density at radius 1 is 0.867 bits per heavy atom. The van der Waals surface area contributed by atoms with E-state index < -0.39 is 5.97 Å². The highest BCUT2D eigenvalue weighted by Gasteiger charge is 2.12. The molecule has 7 nitrogen and oxygen atoms in total. The van der Waals surface area contributed by atoms with Crippen LogP contribution in [0.25, 0.3) is 0 Å². The van der Waals surface area contributed by atoms with E-state index in [1.54, 1.807) is 48.5 Å². The van der Waals surface area contributed by atoms with Crippen LogP contribution in [0.5, 0.6) is 5.75 Å². The van der Waals surface area contributed by atoms with Gasteiger partial charge in [-0.05, 0) is 30.7 Å². The fourth-order valence-electron chi connectivity index (χ4n) is 2.60. The Bertz CT molecular complexity index is 889. The summed E-state index contributed by atoms with van der Waals surface area (Å²) in [5.41, 5.74) is 6.87. The summed E-state index contributed by atoms with van der Waals surface area (Å²) in [4.78, 5) is 36.1. The number of Topliss-reactive ketones (excluding diaryl/α,β-unsaturated/α-hetero) is 2. The average molecular weight is 410 g/mol. The maximum Gasteiger partial charge on any atom is 0.344 e. The van der Waals surface area contributed by atoms with E-state index in [2.05, 4.69) is 0 Å². The van der Waals surface area contributed by atoms with Gasteiger partial charge in [-0.2, -0.15) is 0 Å².